The van der Waals surface area contributed by atoms with E-state index in [4.69, 9.17) is 4.74 Å². The Labute approximate surface area is 138 Å². The van der Waals surface area contributed by atoms with Gasteiger partial charge < -0.3 is 9.64 Å². The first-order chi connectivity index (χ1) is 11.2. The van der Waals surface area contributed by atoms with Crippen LogP contribution >= 0.6 is 0 Å². The third-order valence-electron chi connectivity index (χ3n) is 5.87. The number of hydrogen-bond acceptors (Lipinski definition) is 3. The molecule has 3 nitrogen and oxygen atoms in total. The Morgan fingerprint density at radius 3 is 2.83 bits per heavy atom. The van der Waals surface area contributed by atoms with Crippen molar-refractivity contribution in [3.63, 3.8) is 0 Å². The Kier molecular flexibility index (Phi) is 4.39. The fourth-order valence-corrected chi connectivity index (χ4v) is 4.63. The van der Waals surface area contributed by atoms with Crippen LogP contribution < -0.4 is 0 Å². The fraction of sp³-hybridized carbons (Fsp3) is 0.684. The molecular formula is C19H27FN2O. The lowest BCUT2D eigenvalue weighted by Gasteiger charge is -2.41. The molecule has 0 amide bonds. The van der Waals surface area contributed by atoms with E-state index in [2.05, 4.69) is 9.80 Å². The van der Waals surface area contributed by atoms with Crippen molar-refractivity contribution in [1.29, 1.82) is 0 Å². The van der Waals surface area contributed by atoms with Crippen LogP contribution in [0.1, 0.15) is 37.7 Å². The predicted molar refractivity (Wildman–Crippen MR) is 88.8 cm³/mol. The minimum absolute atomic E-state index is 0.0107. The van der Waals surface area contributed by atoms with Crippen molar-refractivity contribution in [2.75, 3.05) is 32.8 Å². The van der Waals surface area contributed by atoms with Gasteiger partial charge >= 0.3 is 0 Å². The van der Waals surface area contributed by atoms with E-state index in [1.807, 2.05) is 12.1 Å². The van der Waals surface area contributed by atoms with Gasteiger partial charge in [-0.3, -0.25) is 4.90 Å². The van der Waals surface area contributed by atoms with Crippen molar-refractivity contribution in [2.24, 2.45) is 0 Å². The van der Waals surface area contributed by atoms with Crippen LogP contribution in [0.4, 0.5) is 4.39 Å². The SMILES string of the molecule is Fc1ccccc1CN1CC[C@@]2(C[C@@H](N3CCCC3)CCO2)C1. The minimum atomic E-state index is -0.0899. The highest BCUT2D eigenvalue weighted by Gasteiger charge is 2.44. The molecule has 0 N–H and O–H groups in total. The lowest BCUT2D eigenvalue weighted by atomic mass is 9.89. The monoisotopic (exact) mass is 318 g/mol. The summed E-state index contributed by atoms with van der Waals surface area (Å²) in [6.45, 7) is 6.08. The number of ether oxygens (including phenoxy) is 1. The molecule has 3 aliphatic rings. The third kappa shape index (κ3) is 3.30. The summed E-state index contributed by atoms with van der Waals surface area (Å²) < 4.78 is 20.1. The van der Waals surface area contributed by atoms with Crippen molar-refractivity contribution in [3.05, 3.63) is 35.6 Å². The maximum Gasteiger partial charge on any atom is 0.127 e. The predicted octanol–water partition coefficient (Wildman–Crippen LogP) is 3.05. The number of benzene rings is 1. The van der Waals surface area contributed by atoms with E-state index in [1.165, 1.54) is 32.4 Å². The topological polar surface area (TPSA) is 15.7 Å². The van der Waals surface area contributed by atoms with Crippen LogP contribution in [0.15, 0.2) is 24.3 Å². The maximum absolute atomic E-state index is 13.9. The number of halogens is 1. The molecule has 0 bridgehead atoms. The zero-order chi connectivity index (χ0) is 15.7. The average molecular weight is 318 g/mol. The molecule has 0 radical (unpaired) electrons. The molecule has 23 heavy (non-hydrogen) atoms. The number of rotatable bonds is 3. The standard InChI is InChI=1S/C19H27FN2O/c20-18-6-2-1-5-16(18)14-21-11-8-19(15-21)13-17(7-12-23-19)22-9-3-4-10-22/h1-2,5-6,17H,3-4,7-15H2/t17-,19+/m0/s1. The molecule has 1 aromatic rings. The van der Waals surface area contributed by atoms with Gasteiger partial charge in [-0.25, -0.2) is 4.39 Å². The third-order valence-corrected chi connectivity index (χ3v) is 5.87. The lowest BCUT2D eigenvalue weighted by Crippen LogP contribution is -2.49. The van der Waals surface area contributed by atoms with E-state index in [9.17, 15) is 4.39 Å². The number of nitrogens with zero attached hydrogens (tertiary/aromatic N) is 2. The molecule has 0 saturated carbocycles. The summed E-state index contributed by atoms with van der Waals surface area (Å²) in [5.74, 6) is -0.0899. The molecule has 4 rings (SSSR count). The molecule has 0 aliphatic carbocycles. The lowest BCUT2D eigenvalue weighted by molar-refractivity contribution is -0.0961. The maximum atomic E-state index is 13.9. The first-order valence-electron chi connectivity index (χ1n) is 9.08. The second-order valence-electron chi connectivity index (χ2n) is 7.47. The first-order valence-corrected chi connectivity index (χ1v) is 9.08. The molecule has 0 unspecified atom stereocenters. The van der Waals surface area contributed by atoms with E-state index >= 15 is 0 Å². The van der Waals surface area contributed by atoms with Crippen LogP contribution in [0.25, 0.3) is 0 Å². The Bertz CT molecular complexity index is 546. The van der Waals surface area contributed by atoms with Crippen molar-refractivity contribution in [1.82, 2.24) is 9.80 Å². The van der Waals surface area contributed by atoms with E-state index < -0.39 is 0 Å². The number of likely N-dealkylation sites (tertiary alicyclic amines) is 2. The highest BCUT2D eigenvalue weighted by molar-refractivity contribution is 5.17. The van der Waals surface area contributed by atoms with Gasteiger partial charge in [0.2, 0.25) is 0 Å². The zero-order valence-electron chi connectivity index (χ0n) is 13.8. The summed E-state index contributed by atoms with van der Waals surface area (Å²) in [5, 5.41) is 0. The smallest absolute Gasteiger partial charge is 0.127 e. The quantitative estimate of drug-likeness (QED) is 0.852. The van der Waals surface area contributed by atoms with Gasteiger partial charge in [0.15, 0.2) is 0 Å². The van der Waals surface area contributed by atoms with E-state index in [-0.39, 0.29) is 11.4 Å². The van der Waals surface area contributed by atoms with Gasteiger partial charge in [0.1, 0.15) is 5.82 Å². The number of hydrogen-bond donors (Lipinski definition) is 0. The summed E-state index contributed by atoms with van der Waals surface area (Å²) in [6, 6.07) is 7.83. The van der Waals surface area contributed by atoms with Gasteiger partial charge in [-0.2, -0.15) is 0 Å². The van der Waals surface area contributed by atoms with E-state index in [0.29, 0.717) is 12.6 Å². The fourth-order valence-electron chi connectivity index (χ4n) is 4.63. The van der Waals surface area contributed by atoms with Crippen molar-refractivity contribution in [3.8, 4) is 0 Å². The van der Waals surface area contributed by atoms with Gasteiger partial charge in [-0.05, 0) is 51.3 Å². The van der Waals surface area contributed by atoms with Crippen molar-refractivity contribution >= 4 is 0 Å². The molecule has 126 valence electrons. The Morgan fingerprint density at radius 2 is 2.00 bits per heavy atom. The molecule has 3 saturated heterocycles. The normalized spacial score (nSPS) is 32.8. The van der Waals surface area contributed by atoms with Crippen LogP contribution in [0.3, 0.4) is 0 Å². The molecule has 2 atom stereocenters. The molecule has 3 aliphatic heterocycles. The molecule has 1 spiro atoms. The van der Waals surface area contributed by atoms with E-state index in [0.717, 1.165) is 38.1 Å². The van der Waals surface area contributed by atoms with Crippen LogP contribution in [0.5, 0.6) is 0 Å². The van der Waals surface area contributed by atoms with Crippen molar-refractivity contribution < 1.29 is 9.13 Å². The Balaban J connectivity index is 1.39. The second kappa shape index (κ2) is 6.50. The summed E-state index contributed by atoms with van der Waals surface area (Å²) in [7, 11) is 0. The van der Waals surface area contributed by atoms with Gasteiger partial charge in [0.05, 0.1) is 5.60 Å². The highest BCUT2D eigenvalue weighted by atomic mass is 19.1. The zero-order valence-corrected chi connectivity index (χ0v) is 13.8. The van der Waals surface area contributed by atoms with Crippen LogP contribution in [-0.2, 0) is 11.3 Å². The molecule has 4 heteroatoms. The Hall–Kier alpha value is -0.970. The summed E-state index contributed by atoms with van der Waals surface area (Å²) in [6.07, 6.45) is 6.12. The highest BCUT2D eigenvalue weighted by Crippen LogP contribution is 2.37. The van der Waals surface area contributed by atoms with E-state index in [1.54, 1.807) is 12.1 Å². The van der Waals surface area contributed by atoms with Crippen LogP contribution in [0.2, 0.25) is 0 Å². The largest absolute Gasteiger partial charge is 0.373 e. The molecule has 3 fully saturated rings. The Morgan fingerprint density at radius 1 is 1.17 bits per heavy atom. The first kappa shape index (κ1) is 15.6. The van der Waals surface area contributed by atoms with Gasteiger partial charge in [-0.1, -0.05) is 18.2 Å². The summed E-state index contributed by atoms with van der Waals surface area (Å²) >= 11 is 0. The summed E-state index contributed by atoms with van der Waals surface area (Å²) in [5.41, 5.74) is 0.813. The second-order valence-corrected chi connectivity index (χ2v) is 7.47. The minimum Gasteiger partial charge on any atom is -0.373 e. The molecule has 1 aromatic carbocycles. The van der Waals surface area contributed by atoms with Crippen LogP contribution in [0, 0.1) is 5.82 Å². The van der Waals surface area contributed by atoms with Gasteiger partial charge in [-0.15, -0.1) is 0 Å². The van der Waals surface area contributed by atoms with Crippen molar-refractivity contribution in [2.45, 2.75) is 50.3 Å². The average Bonchev–Trinajstić information content (AvgIpc) is 3.21. The van der Waals surface area contributed by atoms with Gasteiger partial charge in [0, 0.05) is 37.8 Å². The molecular weight excluding hydrogens is 291 g/mol. The van der Waals surface area contributed by atoms with Crippen LogP contribution in [-0.4, -0.2) is 54.2 Å². The van der Waals surface area contributed by atoms with Gasteiger partial charge in [0.25, 0.3) is 0 Å². The molecule has 0 aromatic heterocycles. The molecule has 3 heterocycles. The summed E-state index contributed by atoms with van der Waals surface area (Å²) in [4.78, 5) is 5.04.